The van der Waals surface area contributed by atoms with Gasteiger partial charge in [-0.25, -0.2) is 0 Å². The molecule has 0 aliphatic heterocycles. The first kappa shape index (κ1) is 25.0. The third-order valence-corrected chi connectivity index (χ3v) is 6.43. The molecule has 2 heterocycles. The molecule has 8 nitrogen and oxygen atoms in total. The summed E-state index contributed by atoms with van der Waals surface area (Å²) in [6, 6.07) is 11.4. The number of thiophene rings is 1. The van der Waals surface area contributed by atoms with Gasteiger partial charge < -0.3 is 20.8 Å². The number of H-pyrrole nitrogens is 1. The topological polar surface area (TPSA) is 132 Å². The lowest BCUT2D eigenvalue weighted by Crippen LogP contribution is -2.45. The Hall–Kier alpha value is -3.59. The molecule has 0 unspecified atom stereocenters. The maximum atomic E-state index is 13.1. The summed E-state index contributed by atoms with van der Waals surface area (Å²) >= 11 is 1.49. The van der Waals surface area contributed by atoms with E-state index in [2.05, 4.69) is 15.6 Å². The number of aromatic amines is 1. The van der Waals surface area contributed by atoms with Crippen molar-refractivity contribution in [3.8, 4) is 11.8 Å². The zero-order valence-electron chi connectivity index (χ0n) is 19.3. The fourth-order valence-electron chi connectivity index (χ4n) is 3.73. The number of carbonyl (C=O) groups excluding carboxylic acids is 3. The standard InChI is InChI=1S/C25H29N3O5S/c1-14(2)22(23(31)21-15(3)24(32)28-25(21)33)27-20(30)13-18(16-8-5-4-6-9-16)26-19(29)12-17-10-7-11-34-17/h4-11,14,18,22,28,32-33H,12-13H2,1-3H3,(H,26,29)(H,27,30)/t18-,22-/m0/s1. The van der Waals surface area contributed by atoms with Crippen LogP contribution in [0.4, 0.5) is 0 Å². The number of benzene rings is 1. The second kappa shape index (κ2) is 11.0. The smallest absolute Gasteiger partial charge is 0.225 e. The summed E-state index contributed by atoms with van der Waals surface area (Å²) in [4.78, 5) is 42.0. The first-order valence-electron chi connectivity index (χ1n) is 11.0. The zero-order valence-corrected chi connectivity index (χ0v) is 20.1. The SMILES string of the molecule is Cc1c(O)[nH]c(O)c1C(=O)[C@@H](NC(=O)C[C@H](NC(=O)Cc1cccs1)c1ccccc1)C(C)C. The first-order chi connectivity index (χ1) is 16.2. The molecule has 5 N–H and O–H groups in total. The summed E-state index contributed by atoms with van der Waals surface area (Å²) < 4.78 is 0. The molecule has 180 valence electrons. The van der Waals surface area contributed by atoms with E-state index in [0.29, 0.717) is 0 Å². The maximum Gasteiger partial charge on any atom is 0.225 e. The molecule has 0 spiro atoms. The van der Waals surface area contributed by atoms with Crippen molar-refractivity contribution < 1.29 is 24.6 Å². The van der Waals surface area contributed by atoms with Crippen LogP contribution in [0.1, 0.15) is 52.7 Å². The minimum Gasteiger partial charge on any atom is -0.494 e. The fourth-order valence-corrected chi connectivity index (χ4v) is 4.43. The lowest BCUT2D eigenvalue weighted by atomic mass is 9.93. The number of hydrogen-bond acceptors (Lipinski definition) is 6. The van der Waals surface area contributed by atoms with Crippen LogP contribution >= 0.6 is 11.3 Å². The van der Waals surface area contributed by atoms with Gasteiger partial charge in [-0.2, -0.15) is 0 Å². The van der Waals surface area contributed by atoms with E-state index in [4.69, 9.17) is 0 Å². The molecule has 3 aromatic rings. The fraction of sp³-hybridized carbons (Fsp3) is 0.320. The lowest BCUT2D eigenvalue weighted by molar-refractivity contribution is -0.123. The van der Waals surface area contributed by atoms with Crippen molar-refractivity contribution in [1.82, 2.24) is 15.6 Å². The van der Waals surface area contributed by atoms with E-state index in [1.165, 1.54) is 18.3 Å². The Kier molecular flexibility index (Phi) is 8.12. The molecule has 0 aliphatic rings. The number of aromatic nitrogens is 1. The molecule has 2 amide bonds. The van der Waals surface area contributed by atoms with Gasteiger partial charge in [-0.1, -0.05) is 50.2 Å². The molecule has 0 saturated heterocycles. The Balaban J connectivity index is 1.75. The van der Waals surface area contributed by atoms with Crippen molar-refractivity contribution in [3.63, 3.8) is 0 Å². The van der Waals surface area contributed by atoms with E-state index in [-0.39, 0.29) is 41.7 Å². The van der Waals surface area contributed by atoms with Crippen LogP contribution in [0.25, 0.3) is 0 Å². The van der Waals surface area contributed by atoms with Gasteiger partial charge in [-0.15, -0.1) is 11.3 Å². The molecule has 34 heavy (non-hydrogen) atoms. The van der Waals surface area contributed by atoms with Crippen molar-refractivity contribution in [2.75, 3.05) is 0 Å². The predicted molar refractivity (Wildman–Crippen MR) is 130 cm³/mol. The monoisotopic (exact) mass is 483 g/mol. The van der Waals surface area contributed by atoms with Crippen molar-refractivity contribution in [1.29, 1.82) is 0 Å². The van der Waals surface area contributed by atoms with Crippen LogP contribution in [0, 0.1) is 12.8 Å². The molecule has 0 bridgehead atoms. The maximum absolute atomic E-state index is 13.1. The molecule has 0 aliphatic carbocycles. The van der Waals surface area contributed by atoms with Gasteiger partial charge in [0.05, 0.1) is 30.5 Å². The number of Topliss-reactive ketones (excluding diaryl/α,β-unsaturated/α-hetero) is 1. The van der Waals surface area contributed by atoms with E-state index in [1.807, 2.05) is 47.8 Å². The highest BCUT2D eigenvalue weighted by Crippen LogP contribution is 2.30. The Labute approximate surface area is 202 Å². The van der Waals surface area contributed by atoms with Gasteiger partial charge in [-0.05, 0) is 29.9 Å². The van der Waals surface area contributed by atoms with E-state index in [9.17, 15) is 24.6 Å². The van der Waals surface area contributed by atoms with Crippen LogP contribution < -0.4 is 10.6 Å². The van der Waals surface area contributed by atoms with Crippen molar-refractivity contribution >= 4 is 28.9 Å². The third-order valence-electron chi connectivity index (χ3n) is 5.56. The molecule has 2 atom stereocenters. The average molecular weight is 484 g/mol. The molecule has 9 heteroatoms. The van der Waals surface area contributed by atoms with Gasteiger partial charge in [-0.3, -0.25) is 19.4 Å². The highest BCUT2D eigenvalue weighted by molar-refractivity contribution is 7.10. The molecule has 0 fully saturated rings. The van der Waals surface area contributed by atoms with Crippen molar-refractivity contribution in [2.45, 2.75) is 45.7 Å². The molecule has 2 aromatic heterocycles. The number of rotatable bonds is 10. The Morgan fingerprint density at radius 3 is 2.24 bits per heavy atom. The van der Waals surface area contributed by atoms with Gasteiger partial charge in [0.15, 0.2) is 11.7 Å². The zero-order chi connectivity index (χ0) is 24.8. The summed E-state index contributed by atoms with van der Waals surface area (Å²) in [5, 5.41) is 27.4. The normalized spacial score (nSPS) is 12.8. The molecule has 3 rings (SSSR count). The minimum absolute atomic E-state index is 0.0552. The van der Waals surface area contributed by atoms with Crippen molar-refractivity contribution in [3.05, 3.63) is 69.4 Å². The second-order valence-corrected chi connectivity index (χ2v) is 9.50. The van der Waals surface area contributed by atoms with Crippen LogP contribution in [0.5, 0.6) is 11.8 Å². The number of amides is 2. The van der Waals surface area contributed by atoms with Crippen LogP contribution in [-0.4, -0.2) is 38.8 Å². The van der Waals surface area contributed by atoms with Gasteiger partial charge in [0, 0.05) is 10.4 Å². The van der Waals surface area contributed by atoms with E-state index in [1.54, 1.807) is 13.8 Å². The molecular formula is C25H29N3O5S. The number of ketones is 1. The summed E-state index contributed by atoms with van der Waals surface area (Å²) in [5.74, 6) is -2.16. The number of aromatic hydroxyl groups is 2. The lowest BCUT2D eigenvalue weighted by Gasteiger charge is -2.24. The Morgan fingerprint density at radius 2 is 1.68 bits per heavy atom. The second-order valence-electron chi connectivity index (χ2n) is 8.47. The summed E-state index contributed by atoms with van der Waals surface area (Å²) in [6.07, 6.45) is 0.144. The molecular weight excluding hydrogens is 454 g/mol. The summed E-state index contributed by atoms with van der Waals surface area (Å²) in [5.41, 5.74) is 0.930. The predicted octanol–water partition coefficient (Wildman–Crippen LogP) is 3.61. The highest BCUT2D eigenvalue weighted by Gasteiger charge is 2.31. The van der Waals surface area contributed by atoms with Crippen molar-refractivity contribution in [2.24, 2.45) is 5.92 Å². The summed E-state index contributed by atoms with van der Waals surface area (Å²) in [7, 11) is 0. The van der Waals surface area contributed by atoms with Gasteiger partial charge in [0.1, 0.15) is 0 Å². The highest BCUT2D eigenvalue weighted by atomic mass is 32.1. The van der Waals surface area contributed by atoms with E-state index < -0.39 is 29.7 Å². The van der Waals surface area contributed by atoms with Crippen LogP contribution in [0.2, 0.25) is 0 Å². The molecule has 0 radical (unpaired) electrons. The number of hydrogen-bond donors (Lipinski definition) is 5. The Morgan fingerprint density at radius 1 is 0.971 bits per heavy atom. The van der Waals surface area contributed by atoms with Gasteiger partial charge >= 0.3 is 0 Å². The van der Waals surface area contributed by atoms with Gasteiger partial charge in [0.2, 0.25) is 17.7 Å². The van der Waals surface area contributed by atoms with Gasteiger partial charge in [0.25, 0.3) is 0 Å². The largest absolute Gasteiger partial charge is 0.494 e. The quantitative estimate of drug-likeness (QED) is 0.281. The van der Waals surface area contributed by atoms with Crippen LogP contribution in [0.15, 0.2) is 47.8 Å². The van der Waals surface area contributed by atoms with E-state index >= 15 is 0 Å². The minimum atomic E-state index is -0.925. The molecule has 0 saturated carbocycles. The average Bonchev–Trinajstić information content (AvgIpc) is 3.38. The molecule has 1 aromatic carbocycles. The van der Waals surface area contributed by atoms with Crippen LogP contribution in [-0.2, 0) is 16.0 Å². The number of carbonyl (C=O) groups is 3. The third kappa shape index (κ3) is 6.05. The van der Waals surface area contributed by atoms with Crippen LogP contribution in [0.3, 0.4) is 0 Å². The first-order valence-corrected chi connectivity index (χ1v) is 11.9. The van der Waals surface area contributed by atoms with E-state index in [0.717, 1.165) is 10.4 Å². The summed E-state index contributed by atoms with van der Waals surface area (Å²) in [6.45, 7) is 5.06. The number of nitrogens with one attached hydrogen (secondary N) is 3. The Bertz CT molecular complexity index is 1140.